The van der Waals surface area contributed by atoms with E-state index in [2.05, 4.69) is 31.8 Å². The molecule has 6 nitrogen and oxygen atoms in total. The van der Waals surface area contributed by atoms with Gasteiger partial charge in [-0.2, -0.15) is 14.4 Å². The molecule has 2 heterocycles. The van der Waals surface area contributed by atoms with Crippen LogP contribution in [0.25, 0.3) is 11.4 Å². The molecule has 0 aliphatic heterocycles. The predicted octanol–water partition coefficient (Wildman–Crippen LogP) is 2.36. The van der Waals surface area contributed by atoms with Crippen molar-refractivity contribution in [3.63, 3.8) is 0 Å². The summed E-state index contributed by atoms with van der Waals surface area (Å²) in [5.41, 5.74) is 0.515. The van der Waals surface area contributed by atoms with Gasteiger partial charge in [-0.25, -0.2) is 13.4 Å². The number of nitrogens with zero attached hydrogens (tertiary/aromatic N) is 3. The third-order valence-corrected chi connectivity index (χ3v) is 4.84. The molecule has 1 aromatic carbocycles. The van der Waals surface area contributed by atoms with Gasteiger partial charge in [-0.15, -0.1) is 0 Å². The minimum absolute atomic E-state index is 0.162. The molecule has 0 saturated heterocycles. The lowest BCUT2D eigenvalue weighted by atomic mass is 10.2. The van der Waals surface area contributed by atoms with Gasteiger partial charge >= 0.3 is 0 Å². The summed E-state index contributed by atoms with van der Waals surface area (Å²) in [6.45, 7) is 0.369. The largest absolute Gasteiger partial charge is 0.363 e. The number of nitrogens with one attached hydrogen (secondary N) is 1. The molecule has 0 bridgehead atoms. The van der Waals surface area contributed by atoms with Crippen molar-refractivity contribution in [2.24, 2.45) is 0 Å². The maximum Gasteiger partial charge on any atom is 0.218 e. The van der Waals surface area contributed by atoms with Gasteiger partial charge in [-0.1, -0.05) is 11.3 Å². The quantitative estimate of drug-likeness (QED) is 0.702. The summed E-state index contributed by atoms with van der Waals surface area (Å²) in [4.78, 5) is 12.1. The molecular formula is C15H11FN4O2S2. The minimum Gasteiger partial charge on any atom is -0.363 e. The highest BCUT2D eigenvalue weighted by Gasteiger charge is 2.10. The standard InChI is InChI=1S/C15H11FN4O2S2/c1-24(21,22)11-4-2-10(3-5-11)15-19-12(16)8-13(20-15)18-9-14-17-6-7-23-14/h2-5,8H,9H2,1H3,(H,18,19,20). The van der Waals surface area contributed by atoms with E-state index in [9.17, 15) is 12.8 Å². The van der Waals surface area contributed by atoms with E-state index in [-0.39, 0.29) is 10.7 Å². The Kier molecular flexibility index (Phi) is 4.42. The summed E-state index contributed by atoms with van der Waals surface area (Å²) in [5.74, 6) is -0.221. The molecule has 0 aliphatic carbocycles. The lowest BCUT2D eigenvalue weighted by Gasteiger charge is -2.07. The van der Waals surface area contributed by atoms with Crippen LogP contribution in [-0.2, 0) is 16.4 Å². The topological polar surface area (TPSA) is 84.8 Å². The second kappa shape index (κ2) is 6.51. The Morgan fingerprint density at radius 3 is 2.62 bits per heavy atom. The van der Waals surface area contributed by atoms with E-state index in [1.165, 1.54) is 29.5 Å². The van der Waals surface area contributed by atoms with Gasteiger partial charge in [0, 0.05) is 23.3 Å². The fourth-order valence-corrected chi connectivity index (χ4v) is 3.00. The molecule has 0 saturated carbocycles. The molecule has 0 aliphatic rings. The summed E-state index contributed by atoms with van der Waals surface area (Å²) in [6.07, 6.45) is 3.70. The van der Waals surface area contributed by atoms with Crippen LogP contribution < -0.4 is 5.32 Å². The van der Waals surface area contributed by atoms with Crippen molar-refractivity contribution in [1.29, 1.82) is 0 Å². The summed E-state index contributed by atoms with van der Waals surface area (Å²) in [7, 11) is -3.29. The van der Waals surface area contributed by atoms with Crippen molar-refractivity contribution in [2.45, 2.75) is 11.4 Å². The normalized spacial score (nSPS) is 11.1. The maximum atomic E-state index is 13.7. The van der Waals surface area contributed by atoms with Crippen LogP contribution >= 0.6 is 11.3 Å². The zero-order valence-electron chi connectivity index (χ0n) is 12.4. The number of hydrogen-bond acceptors (Lipinski definition) is 7. The fraction of sp³-hybridized carbons (Fsp3) is 0.133. The Labute approximate surface area is 142 Å². The predicted molar refractivity (Wildman–Crippen MR) is 87.6 cm³/mol. The average Bonchev–Trinajstić information content (AvgIpc) is 3.05. The monoisotopic (exact) mass is 362 g/mol. The van der Waals surface area contributed by atoms with Crippen molar-refractivity contribution in [3.8, 4) is 11.4 Å². The Balaban J connectivity index is 1.85. The van der Waals surface area contributed by atoms with Crippen molar-refractivity contribution in [2.75, 3.05) is 11.6 Å². The molecule has 3 aromatic rings. The van der Waals surface area contributed by atoms with Gasteiger partial charge < -0.3 is 5.32 Å². The van der Waals surface area contributed by atoms with Gasteiger partial charge in [0.25, 0.3) is 0 Å². The first-order chi connectivity index (χ1) is 11.4. The van der Waals surface area contributed by atoms with Crippen molar-refractivity contribution >= 4 is 27.0 Å². The van der Waals surface area contributed by atoms with E-state index in [1.54, 1.807) is 12.1 Å². The number of hydrogen-bond donors (Lipinski definition) is 1. The first kappa shape index (κ1) is 16.3. The number of sulfone groups is 1. The second-order valence-electron chi connectivity index (χ2n) is 4.87. The smallest absolute Gasteiger partial charge is 0.218 e. The van der Waals surface area contributed by atoms with Crippen LogP contribution in [-0.4, -0.2) is 29.6 Å². The summed E-state index contributed by atoms with van der Waals surface area (Å²) < 4.78 is 36.7. The van der Waals surface area contributed by atoms with Crippen LogP contribution in [0.2, 0.25) is 0 Å². The third-order valence-electron chi connectivity index (χ3n) is 3.05. The van der Waals surface area contributed by atoms with Crippen LogP contribution in [0.15, 0.2) is 35.2 Å². The van der Waals surface area contributed by atoms with E-state index in [0.717, 1.165) is 11.3 Å². The van der Waals surface area contributed by atoms with Gasteiger partial charge in [0.2, 0.25) is 5.95 Å². The minimum atomic E-state index is -3.29. The molecule has 9 heteroatoms. The van der Waals surface area contributed by atoms with Crippen LogP contribution in [0.1, 0.15) is 5.01 Å². The van der Waals surface area contributed by atoms with E-state index >= 15 is 0 Å². The fourth-order valence-electron chi connectivity index (χ4n) is 1.92. The van der Waals surface area contributed by atoms with Crippen molar-refractivity contribution in [1.82, 2.24) is 15.0 Å². The van der Waals surface area contributed by atoms with Gasteiger partial charge in [0.15, 0.2) is 15.7 Å². The summed E-state index contributed by atoms with van der Waals surface area (Å²) >= 11 is 1.30. The molecule has 122 valence electrons. The second-order valence-corrected chi connectivity index (χ2v) is 7.77. The first-order valence-electron chi connectivity index (χ1n) is 6.74. The van der Waals surface area contributed by atoms with Gasteiger partial charge in [-0.05, 0) is 24.3 Å². The molecule has 0 radical (unpaired) electrons. The molecule has 1 N–H and O–H groups in total. The average molecular weight is 362 g/mol. The van der Waals surface area contributed by atoms with Crippen LogP contribution in [0.5, 0.6) is 0 Å². The Morgan fingerprint density at radius 2 is 2.00 bits per heavy atom. The Hall–Kier alpha value is -2.57. The SMILES string of the molecule is CS(=O)(=O)c1ccc(-c2nc(F)cc(NCc3nc#cs3)n2)cc1. The molecule has 0 fully saturated rings. The van der Waals surface area contributed by atoms with E-state index in [4.69, 9.17) is 0 Å². The van der Waals surface area contributed by atoms with Gasteiger partial charge in [0.1, 0.15) is 10.8 Å². The highest BCUT2D eigenvalue weighted by atomic mass is 32.2. The molecule has 24 heavy (non-hydrogen) atoms. The zero-order valence-corrected chi connectivity index (χ0v) is 14.1. The molecule has 3 rings (SSSR count). The number of anilines is 1. The van der Waals surface area contributed by atoms with Crippen molar-refractivity contribution < 1.29 is 12.8 Å². The molecular weight excluding hydrogens is 351 g/mol. The van der Waals surface area contributed by atoms with Crippen LogP contribution in [0.4, 0.5) is 10.2 Å². The zero-order chi connectivity index (χ0) is 17.2. The lowest BCUT2D eigenvalue weighted by Crippen LogP contribution is -2.04. The van der Waals surface area contributed by atoms with E-state index < -0.39 is 15.8 Å². The highest BCUT2D eigenvalue weighted by molar-refractivity contribution is 7.90. The van der Waals surface area contributed by atoms with Gasteiger partial charge in [0.05, 0.1) is 17.6 Å². The van der Waals surface area contributed by atoms with Crippen LogP contribution in [0.3, 0.4) is 0 Å². The van der Waals surface area contributed by atoms with Crippen LogP contribution in [0, 0.1) is 17.5 Å². The number of halogens is 1. The maximum absolute atomic E-state index is 13.7. The Bertz CT molecular complexity index is 942. The summed E-state index contributed by atoms with van der Waals surface area (Å²) in [5, 5.41) is 6.44. The number of rotatable bonds is 5. The molecule has 0 spiro atoms. The van der Waals surface area contributed by atoms with E-state index in [0.29, 0.717) is 17.9 Å². The molecule has 0 atom stereocenters. The lowest BCUT2D eigenvalue weighted by molar-refractivity contribution is 0.582. The molecule has 0 unspecified atom stereocenters. The molecule has 2 aromatic heterocycles. The first-order valence-corrected chi connectivity index (χ1v) is 9.45. The third kappa shape index (κ3) is 3.84. The van der Waals surface area contributed by atoms with Gasteiger partial charge in [-0.3, -0.25) is 0 Å². The number of benzene rings is 1. The molecule has 0 amide bonds. The highest BCUT2D eigenvalue weighted by Crippen LogP contribution is 2.20. The Morgan fingerprint density at radius 1 is 1.25 bits per heavy atom. The van der Waals surface area contributed by atoms with Crippen molar-refractivity contribution in [3.05, 3.63) is 52.9 Å². The van der Waals surface area contributed by atoms with E-state index in [1.807, 2.05) is 0 Å². The summed E-state index contributed by atoms with van der Waals surface area (Å²) in [6, 6.07) is 7.13. The number of aromatic nitrogens is 3.